The summed E-state index contributed by atoms with van der Waals surface area (Å²) in [6.07, 6.45) is -17.6. The monoisotopic (exact) mass is 697 g/mol. The minimum atomic E-state index is -5.17. The van der Waals surface area contributed by atoms with E-state index in [0.717, 1.165) is 30.5 Å². The minimum Gasteiger partial charge on any atom is -0.481 e. The molecule has 2 aliphatic rings. The number of carbonyl (C=O) groups excluding carboxylic acids is 1. The van der Waals surface area contributed by atoms with Gasteiger partial charge in [0.25, 0.3) is 0 Å². The first kappa shape index (κ1) is 34.9. The van der Waals surface area contributed by atoms with Crippen molar-refractivity contribution in [1.29, 1.82) is 0 Å². The Balaban J connectivity index is 1.58. The predicted octanol–water partition coefficient (Wildman–Crippen LogP) is 6.59. The average molecular weight is 698 g/mol. The number of carbonyl (C=O) groups is 1. The Bertz CT molecular complexity index is 1670. The summed E-state index contributed by atoms with van der Waals surface area (Å²) in [5.74, 6) is -0.293. The number of hydrogen-bond donors (Lipinski definition) is 1. The number of ether oxygens (including phenoxy) is 2. The number of pyridine rings is 1. The van der Waals surface area contributed by atoms with Gasteiger partial charge in [0.15, 0.2) is 5.60 Å². The van der Waals surface area contributed by atoms with Gasteiger partial charge in [-0.2, -0.15) is 39.5 Å². The van der Waals surface area contributed by atoms with E-state index < -0.39 is 77.3 Å². The maximum absolute atomic E-state index is 13.7. The minimum absolute atomic E-state index is 0.0440. The number of benzene rings is 1. The molecule has 5 rings (SSSR count). The van der Waals surface area contributed by atoms with Crippen LogP contribution in [0.15, 0.2) is 36.7 Å². The molecular weight excluding hydrogens is 672 g/mol. The number of methoxy groups -OCH3 is 1. The van der Waals surface area contributed by atoms with Crippen LogP contribution in [0.1, 0.15) is 47.9 Å². The maximum atomic E-state index is 13.7. The Morgan fingerprint density at radius 3 is 2.04 bits per heavy atom. The normalized spacial score (nSPS) is 20.4. The van der Waals surface area contributed by atoms with Gasteiger partial charge in [-0.05, 0) is 43.7 Å². The number of nitrogens with zero attached hydrogens (tertiary/aromatic N) is 5. The van der Waals surface area contributed by atoms with Crippen molar-refractivity contribution in [1.82, 2.24) is 19.9 Å². The summed E-state index contributed by atoms with van der Waals surface area (Å²) in [7, 11) is 1.15. The molecule has 3 unspecified atom stereocenters. The van der Waals surface area contributed by atoms with E-state index in [4.69, 9.17) is 9.47 Å². The van der Waals surface area contributed by atoms with Gasteiger partial charge < -0.3 is 19.5 Å². The number of cyclic esters (lactones) is 1. The van der Waals surface area contributed by atoms with Crippen LogP contribution in [-0.4, -0.2) is 69.6 Å². The van der Waals surface area contributed by atoms with Crippen molar-refractivity contribution in [3.8, 4) is 17.0 Å². The van der Waals surface area contributed by atoms with Crippen LogP contribution >= 0.6 is 0 Å². The van der Waals surface area contributed by atoms with E-state index in [2.05, 4.69) is 15.0 Å². The van der Waals surface area contributed by atoms with E-state index in [1.807, 2.05) is 0 Å². The fourth-order valence-corrected chi connectivity index (χ4v) is 5.19. The first-order valence-corrected chi connectivity index (χ1v) is 14.0. The number of alkyl halides is 10. The first-order chi connectivity index (χ1) is 22.1. The highest BCUT2D eigenvalue weighted by Crippen LogP contribution is 2.44. The zero-order valence-corrected chi connectivity index (χ0v) is 25.0. The molecule has 3 aromatic rings. The van der Waals surface area contributed by atoms with Gasteiger partial charge in [0.2, 0.25) is 11.8 Å². The highest BCUT2D eigenvalue weighted by molar-refractivity contribution is 5.74. The van der Waals surface area contributed by atoms with Gasteiger partial charge in [0.05, 0.1) is 49.6 Å². The molecule has 2 aliphatic heterocycles. The second-order valence-electron chi connectivity index (χ2n) is 11.4. The van der Waals surface area contributed by atoms with Crippen LogP contribution < -0.4 is 9.64 Å². The molecule has 2 aromatic heterocycles. The molecule has 0 aliphatic carbocycles. The first-order valence-electron chi connectivity index (χ1n) is 14.0. The largest absolute Gasteiger partial charge is 0.481 e. The predicted molar refractivity (Wildman–Crippen MR) is 145 cm³/mol. The van der Waals surface area contributed by atoms with Crippen molar-refractivity contribution in [3.05, 3.63) is 64.6 Å². The third kappa shape index (κ3) is 6.51. The van der Waals surface area contributed by atoms with Crippen LogP contribution in [0.4, 0.5) is 54.6 Å². The topological polar surface area (TPSA) is 101 Å². The zero-order chi connectivity index (χ0) is 35.6. The molecule has 3 atom stereocenters. The molecule has 1 N–H and O–H groups in total. The third-order valence-electron chi connectivity index (χ3n) is 8.07. The lowest BCUT2D eigenvalue weighted by Gasteiger charge is -2.34. The number of aliphatic hydroxyl groups is 1. The maximum Gasteiger partial charge on any atom is 0.421 e. The summed E-state index contributed by atoms with van der Waals surface area (Å²) < 4.78 is 146. The van der Waals surface area contributed by atoms with Gasteiger partial charge in [0.1, 0.15) is 12.3 Å². The molecule has 1 aromatic carbocycles. The Hall–Kier alpha value is -4.42. The summed E-state index contributed by atoms with van der Waals surface area (Å²) in [5, 5.41) is 10.3. The standard InChI is InChI=1S/C29H25F10N5O4/c1-13-22(14-4-15(27(31,32)33)6-16(5-14)28(34,35)36)48-25(45)44(13)12-21-20(9-41-24(42-21)43-10-18(30)11-43)19-7-17(8-40-23(19)47-3)26(2,46)29(37,38)39/h4-9,13,18,22,46H,10-12H2,1-3H3. The fraction of sp³-hybridized carbons (Fsp3) is 0.448. The number of halogens is 10. The van der Waals surface area contributed by atoms with Gasteiger partial charge in [-0.3, -0.25) is 4.90 Å². The molecule has 0 bridgehead atoms. The van der Waals surface area contributed by atoms with Crippen LogP contribution in [-0.2, 0) is 29.2 Å². The molecule has 0 radical (unpaired) electrons. The van der Waals surface area contributed by atoms with E-state index in [1.165, 1.54) is 11.8 Å². The van der Waals surface area contributed by atoms with Crippen molar-refractivity contribution in [2.45, 2.75) is 62.8 Å². The molecular formula is C29H25F10N5O4. The molecule has 9 nitrogen and oxygen atoms in total. The number of aromatic nitrogens is 3. The SMILES string of the molecule is COc1ncc(C(C)(O)C(F)(F)F)cc1-c1cnc(N2CC(F)C2)nc1CN1C(=O)OC(c2cc(C(F)(F)F)cc(C(F)(F)F)c2)C1C. The third-order valence-corrected chi connectivity index (χ3v) is 8.07. The van der Waals surface area contributed by atoms with Crippen LogP contribution in [0, 0.1) is 0 Å². The van der Waals surface area contributed by atoms with E-state index in [-0.39, 0.29) is 47.8 Å². The van der Waals surface area contributed by atoms with Gasteiger partial charge in [0, 0.05) is 29.1 Å². The molecule has 1 amide bonds. The summed E-state index contributed by atoms with van der Waals surface area (Å²) in [5.41, 5.74) is -8.25. The van der Waals surface area contributed by atoms with Gasteiger partial charge in [-0.25, -0.2) is 24.1 Å². The number of rotatable bonds is 7. The Morgan fingerprint density at radius 1 is 0.917 bits per heavy atom. The summed E-state index contributed by atoms with van der Waals surface area (Å²) in [4.78, 5) is 27.9. The van der Waals surface area contributed by atoms with Crippen molar-refractivity contribution in [2.75, 3.05) is 25.1 Å². The molecule has 48 heavy (non-hydrogen) atoms. The average Bonchev–Trinajstić information content (AvgIpc) is 3.26. The van der Waals surface area contributed by atoms with Crippen LogP contribution in [0.5, 0.6) is 5.88 Å². The second kappa shape index (κ2) is 11.9. The fourth-order valence-electron chi connectivity index (χ4n) is 5.19. The van der Waals surface area contributed by atoms with E-state index in [0.29, 0.717) is 19.1 Å². The smallest absolute Gasteiger partial charge is 0.421 e. The summed E-state index contributed by atoms with van der Waals surface area (Å²) >= 11 is 0. The van der Waals surface area contributed by atoms with Crippen LogP contribution in [0.2, 0.25) is 0 Å². The molecule has 19 heteroatoms. The van der Waals surface area contributed by atoms with Crippen molar-refractivity contribution < 1.29 is 63.3 Å². The van der Waals surface area contributed by atoms with E-state index >= 15 is 0 Å². The Labute approximate surface area is 265 Å². The lowest BCUT2D eigenvalue weighted by molar-refractivity contribution is -0.259. The number of anilines is 1. The molecule has 260 valence electrons. The lowest BCUT2D eigenvalue weighted by Crippen LogP contribution is -2.49. The quantitative estimate of drug-likeness (QED) is 0.276. The van der Waals surface area contributed by atoms with E-state index in [1.54, 1.807) is 0 Å². The highest BCUT2D eigenvalue weighted by Gasteiger charge is 2.52. The van der Waals surface area contributed by atoms with Gasteiger partial charge >= 0.3 is 24.6 Å². The number of amides is 1. The van der Waals surface area contributed by atoms with E-state index in [9.17, 15) is 53.8 Å². The zero-order valence-electron chi connectivity index (χ0n) is 25.0. The molecule has 2 fully saturated rings. The summed E-state index contributed by atoms with van der Waals surface area (Å²) in [6, 6.07) is 0.518. The Morgan fingerprint density at radius 2 is 1.52 bits per heavy atom. The Kier molecular flexibility index (Phi) is 8.67. The lowest BCUT2D eigenvalue weighted by atomic mass is 9.94. The van der Waals surface area contributed by atoms with Gasteiger partial charge in [-0.1, -0.05) is 0 Å². The van der Waals surface area contributed by atoms with Crippen molar-refractivity contribution in [2.24, 2.45) is 0 Å². The molecule has 0 saturated carbocycles. The van der Waals surface area contributed by atoms with Crippen molar-refractivity contribution >= 4 is 12.0 Å². The number of hydrogen-bond acceptors (Lipinski definition) is 8. The second-order valence-corrected chi connectivity index (χ2v) is 11.4. The van der Waals surface area contributed by atoms with Crippen molar-refractivity contribution in [3.63, 3.8) is 0 Å². The van der Waals surface area contributed by atoms with Gasteiger partial charge in [-0.15, -0.1) is 0 Å². The summed E-state index contributed by atoms with van der Waals surface area (Å²) in [6.45, 7) is 1.04. The van der Waals surface area contributed by atoms with Crippen LogP contribution in [0.3, 0.4) is 0 Å². The molecule has 0 spiro atoms. The molecule has 4 heterocycles. The highest BCUT2D eigenvalue weighted by atomic mass is 19.4. The van der Waals surface area contributed by atoms with Crippen LogP contribution in [0.25, 0.3) is 11.1 Å². The molecule has 2 saturated heterocycles.